The molecule has 16 heavy (non-hydrogen) atoms. The number of hydrogen-bond acceptors (Lipinski definition) is 2. The molecule has 2 heteroatoms. The highest BCUT2D eigenvalue weighted by Gasteiger charge is 2.27. The summed E-state index contributed by atoms with van der Waals surface area (Å²) in [6.45, 7) is 1.51. The van der Waals surface area contributed by atoms with E-state index < -0.39 is 0 Å². The van der Waals surface area contributed by atoms with Crippen molar-refractivity contribution in [3.63, 3.8) is 0 Å². The Kier molecular flexibility index (Phi) is 4.11. The highest BCUT2D eigenvalue weighted by atomic mass is 16.5. The van der Waals surface area contributed by atoms with E-state index in [1.807, 2.05) is 18.2 Å². The van der Waals surface area contributed by atoms with E-state index in [4.69, 9.17) is 4.74 Å². The smallest absolute Gasteiger partial charge is 0.123 e. The van der Waals surface area contributed by atoms with Gasteiger partial charge in [0.25, 0.3) is 0 Å². The number of carbonyl (C=O) groups is 1. The molecule has 0 unspecified atom stereocenters. The van der Waals surface area contributed by atoms with Gasteiger partial charge in [-0.05, 0) is 30.7 Å². The molecule has 0 aromatic heterocycles. The third kappa shape index (κ3) is 3.17. The first kappa shape index (κ1) is 11.3. The van der Waals surface area contributed by atoms with Gasteiger partial charge in [-0.25, -0.2) is 0 Å². The SMILES string of the molecule is O=CC1CC(CCOCc2ccccc2)C1. The van der Waals surface area contributed by atoms with E-state index in [1.54, 1.807) is 0 Å². The molecule has 2 rings (SSSR count). The van der Waals surface area contributed by atoms with E-state index in [0.717, 1.165) is 32.2 Å². The summed E-state index contributed by atoms with van der Waals surface area (Å²) in [6.07, 6.45) is 4.31. The maximum Gasteiger partial charge on any atom is 0.123 e. The second-order valence-electron chi connectivity index (χ2n) is 4.56. The first-order valence-electron chi connectivity index (χ1n) is 5.95. The van der Waals surface area contributed by atoms with Gasteiger partial charge in [0.05, 0.1) is 6.61 Å². The van der Waals surface area contributed by atoms with Crippen molar-refractivity contribution in [1.29, 1.82) is 0 Å². The van der Waals surface area contributed by atoms with Crippen LogP contribution in [-0.2, 0) is 16.1 Å². The van der Waals surface area contributed by atoms with E-state index in [9.17, 15) is 4.79 Å². The predicted molar refractivity (Wildman–Crippen MR) is 63.0 cm³/mol. The summed E-state index contributed by atoms with van der Waals surface area (Å²) >= 11 is 0. The van der Waals surface area contributed by atoms with Gasteiger partial charge in [0, 0.05) is 12.5 Å². The quantitative estimate of drug-likeness (QED) is 0.542. The van der Waals surface area contributed by atoms with Crippen LogP contribution in [0.5, 0.6) is 0 Å². The molecule has 1 aliphatic rings. The number of ether oxygens (including phenoxy) is 1. The monoisotopic (exact) mass is 218 g/mol. The lowest BCUT2D eigenvalue weighted by molar-refractivity contribution is -0.114. The summed E-state index contributed by atoms with van der Waals surface area (Å²) in [6, 6.07) is 10.2. The number of aldehydes is 1. The Morgan fingerprint density at radius 1 is 1.25 bits per heavy atom. The fraction of sp³-hybridized carbons (Fsp3) is 0.500. The van der Waals surface area contributed by atoms with Crippen molar-refractivity contribution in [2.45, 2.75) is 25.9 Å². The molecular formula is C14H18O2. The summed E-state index contributed by atoms with van der Waals surface area (Å²) in [4.78, 5) is 10.4. The molecule has 1 saturated carbocycles. The topological polar surface area (TPSA) is 26.3 Å². The summed E-state index contributed by atoms with van der Waals surface area (Å²) in [5, 5.41) is 0. The highest BCUT2D eigenvalue weighted by Crippen LogP contribution is 2.34. The van der Waals surface area contributed by atoms with Gasteiger partial charge in [0.1, 0.15) is 6.29 Å². The van der Waals surface area contributed by atoms with Crippen molar-refractivity contribution in [2.75, 3.05) is 6.61 Å². The second-order valence-corrected chi connectivity index (χ2v) is 4.56. The number of benzene rings is 1. The van der Waals surface area contributed by atoms with Crippen molar-refractivity contribution in [1.82, 2.24) is 0 Å². The Labute approximate surface area is 96.6 Å². The van der Waals surface area contributed by atoms with Gasteiger partial charge in [-0.1, -0.05) is 30.3 Å². The van der Waals surface area contributed by atoms with E-state index >= 15 is 0 Å². The van der Waals surface area contributed by atoms with Crippen LogP contribution in [0.25, 0.3) is 0 Å². The van der Waals surface area contributed by atoms with Gasteiger partial charge in [0.15, 0.2) is 0 Å². The summed E-state index contributed by atoms with van der Waals surface area (Å²) in [5.41, 5.74) is 1.22. The normalized spacial score (nSPS) is 23.8. The van der Waals surface area contributed by atoms with Crippen LogP contribution >= 0.6 is 0 Å². The minimum Gasteiger partial charge on any atom is -0.377 e. The molecule has 0 amide bonds. The average Bonchev–Trinajstić information content (AvgIpc) is 2.28. The van der Waals surface area contributed by atoms with Crippen molar-refractivity contribution in [3.05, 3.63) is 35.9 Å². The third-order valence-corrected chi connectivity index (χ3v) is 3.25. The maximum atomic E-state index is 10.4. The van der Waals surface area contributed by atoms with Gasteiger partial charge in [-0.3, -0.25) is 0 Å². The fourth-order valence-electron chi connectivity index (χ4n) is 2.15. The van der Waals surface area contributed by atoms with E-state index in [1.165, 1.54) is 5.56 Å². The zero-order chi connectivity index (χ0) is 11.2. The van der Waals surface area contributed by atoms with Crippen LogP contribution in [-0.4, -0.2) is 12.9 Å². The Bertz CT molecular complexity index is 315. The van der Waals surface area contributed by atoms with Crippen LogP contribution in [0.3, 0.4) is 0 Å². The fourth-order valence-corrected chi connectivity index (χ4v) is 2.15. The van der Waals surface area contributed by atoms with Crippen LogP contribution in [0.15, 0.2) is 30.3 Å². The third-order valence-electron chi connectivity index (χ3n) is 3.25. The van der Waals surface area contributed by atoms with Gasteiger partial charge < -0.3 is 9.53 Å². The molecule has 0 N–H and O–H groups in total. The van der Waals surface area contributed by atoms with Crippen molar-refractivity contribution >= 4 is 6.29 Å². The lowest BCUT2D eigenvalue weighted by Gasteiger charge is -2.31. The van der Waals surface area contributed by atoms with Crippen LogP contribution < -0.4 is 0 Å². The van der Waals surface area contributed by atoms with Gasteiger partial charge in [-0.2, -0.15) is 0 Å². The molecule has 0 aliphatic heterocycles. The first-order chi connectivity index (χ1) is 7.88. The number of hydrogen-bond donors (Lipinski definition) is 0. The van der Waals surface area contributed by atoms with Crippen LogP contribution in [0, 0.1) is 11.8 Å². The molecule has 86 valence electrons. The zero-order valence-electron chi connectivity index (χ0n) is 9.47. The second kappa shape index (κ2) is 5.80. The predicted octanol–water partition coefficient (Wildman–Crippen LogP) is 2.82. The van der Waals surface area contributed by atoms with Crippen molar-refractivity contribution in [3.8, 4) is 0 Å². The van der Waals surface area contributed by atoms with Crippen LogP contribution in [0.1, 0.15) is 24.8 Å². The van der Waals surface area contributed by atoms with Crippen LogP contribution in [0.4, 0.5) is 0 Å². The molecule has 0 spiro atoms. The minimum atomic E-state index is 0.333. The lowest BCUT2D eigenvalue weighted by atomic mass is 9.74. The Hall–Kier alpha value is -1.15. The van der Waals surface area contributed by atoms with Crippen molar-refractivity contribution < 1.29 is 9.53 Å². The van der Waals surface area contributed by atoms with Gasteiger partial charge in [-0.15, -0.1) is 0 Å². The minimum absolute atomic E-state index is 0.333. The Morgan fingerprint density at radius 3 is 2.69 bits per heavy atom. The van der Waals surface area contributed by atoms with E-state index in [2.05, 4.69) is 12.1 Å². The number of rotatable bonds is 6. The van der Waals surface area contributed by atoms with Gasteiger partial charge in [0.2, 0.25) is 0 Å². The molecule has 0 heterocycles. The Morgan fingerprint density at radius 2 is 2.00 bits per heavy atom. The highest BCUT2D eigenvalue weighted by molar-refractivity contribution is 5.54. The molecule has 0 saturated heterocycles. The standard InChI is InChI=1S/C14H18O2/c15-10-14-8-13(9-14)6-7-16-11-12-4-2-1-3-5-12/h1-5,10,13-14H,6-9,11H2. The molecule has 0 bridgehead atoms. The van der Waals surface area contributed by atoms with E-state index in [0.29, 0.717) is 18.4 Å². The average molecular weight is 218 g/mol. The van der Waals surface area contributed by atoms with Crippen molar-refractivity contribution in [2.24, 2.45) is 11.8 Å². The molecule has 1 aliphatic carbocycles. The lowest BCUT2D eigenvalue weighted by Crippen LogP contribution is -2.25. The molecule has 1 aromatic rings. The zero-order valence-corrected chi connectivity index (χ0v) is 9.47. The largest absolute Gasteiger partial charge is 0.377 e. The first-order valence-corrected chi connectivity index (χ1v) is 5.95. The molecule has 2 nitrogen and oxygen atoms in total. The molecule has 0 radical (unpaired) electrons. The summed E-state index contributed by atoms with van der Waals surface area (Å²) < 4.78 is 5.61. The van der Waals surface area contributed by atoms with Gasteiger partial charge >= 0.3 is 0 Å². The molecular weight excluding hydrogens is 200 g/mol. The van der Waals surface area contributed by atoms with Crippen LogP contribution in [0.2, 0.25) is 0 Å². The summed E-state index contributed by atoms with van der Waals surface area (Å²) in [7, 11) is 0. The maximum absolute atomic E-state index is 10.4. The molecule has 1 fully saturated rings. The molecule has 0 atom stereocenters. The summed E-state index contributed by atoms with van der Waals surface area (Å²) in [5.74, 6) is 1.05. The number of carbonyl (C=O) groups excluding carboxylic acids is 1. The molecule has 1 aromatic carbocycles. The van der Waals surface area contributed by atoms with E-state index in [-0.39, 0.29) is 0 Å². The Balaban J connectivity index is 1.55.